The van der Waals surface area contributed by atoms with E-state index < -0.39 is 16.6 Å². The summed E-state index contributed by atoms with van der Waals surface area (Å²) in [5.74, 6) is -0.409. The van der Waals surface area contributed by atoms with Crippen molar-refractivity contribution in [3.63, 3.8) is 0 Å². The lowest BCUT2D eigenvalue weighted by molar-refractivity contribution is 0.102. The second-order valence-corrected chi connectivity index (χ2v) is 12.4. The Labute approximate surface area is 211 Å². The second kappa shape index (κ2) is 9.19. The van der Waals surface area contributed by atoms with E-state index in [0.717, 1.165) is 31.5 Å². The average molecular weight is 516 g/mol. The number of nitrogens with zero attached hydrogens (tertiary/aromatic N) is 4. The van der Waals surface area contributed by atoms with Gasteiger partial charge in [-0.3, -0.25) is 13.9 Å². The van der Waals surface area contributed by atoms with E-state index in [0.29, 0.717) is 28.8 Å². The maximum absolute atomic E-state index is 13.5. The molecule has 10 nitrogen and oxygen atoms in total. The van der Waals surface area contributed by atoms with Gasteiger partial charge in [0, 0.05) is 25.7 Å². The Hall–Kier alpha value is -2.92. The van der Waals surface area contributed by atoms with Crippen LogP contribution < -0.4 is 20.1 Å². The summed E-state index contributed by atoms with van der Waals surface area (Å²) in [4.78, 5) is 27.8. The van der Waals surface area contributed by atoms with Crippen molar-refractivity contribution in [3.8, 4) is 0 Å². The zero-order chi connectivity index (χ0) is 25.7. The van der Waals surface area contributed by atoms with E-state index in [1.165, 1.54) is 34.0 Å². The van der Waals surface area contributed by atoms with Crippen LogP contribution in [0.3, 0.4) is 0 Å². The summed E-state index contributed by atoms with van der Waals surface area (Å²) in [6.45, 7) is 5.14. The zero-order valence-electron chi connectivity index (χ0n) is 20.7. The predicted octanol–water partition coefficient (Wildman–Crippen LogP) is 2.14. The molecule has 11 heteroatoms. The lowest BCUT2D eigenvalue weighted by atomic mass is 9.92. The van der Waals surface area contributed by atoms with Crippen LogP contribution in [-0.2, 0) is 16.4 Å². The van der Waals surface area contributed by atoms with Gasteiger partial charge in [0.2, 0.25) is 10.0 Å². The smallest absolute Gasteiger partial charge is 0.267 e. The number of aromatic nitrogens is 2. The minimum atomic E-state index is -3.66. The molecule has 1 saturated carbocycles. The number of fused-ring (bicyclic) bond motifs is 1. The highest BCUT2D eigenvalue weighted by Gasteiger charge is 2.45. The number of benzene rings is 1. The Bertz CT molecular complexity index is 1340. The van der Waals surface area contributed by atoms with Gasteiger partial charge in [-0.15, -0.1) is 0 Å². The van der Waals surface area contributed by atoms with Gasteiger partial charge in [-0.25, -0.2) is 13.1 Å². The van der Waals surface area contributed by atoms with E-state index in [9.17, 15) is 23.1 Å². The Balaban J connectivity index is 1.51. The molecule has 0 atom stereocenters. The number of piperidine rings is 1. The highest BCUT2D eigenvalue weighted by Crippen LogP contribution is 2.54. The molecule has 0 unspecified atom stereocenters. The topological polar surface area (TPSA) is 125 Å². The number of aliphatic hydroxyl groups excluding tert-OH is 1. The highest BCUT2D eigenvalue weighted by molar-refractivity contribution is 7.92. The third kappa shape index (κ3) is 4.61. The molecule has 1 aromatic carbocycles. The second-order valence-electron chi connectivity index (χ2n) is 10.4. The maximum Gasteiger partial charge on any atom is 0.267 e. The van der Waals surface area contributed by atoms with Crippen LogP contribution >= 0.6 is 0 Å². The fourth-order valence-electron chi connectivity index (χ4n) is 5.30. The van der Waals surface area contributed by atoms with Gasteiger partial charge in [-0.1, -0.05) is 0 Å². The molecule has 0 bridgehead atoms. The number of aliphatic hydroxyl groups is 1. The molecule has 1 spiro atoms. The lowest BCUT2D eigenvalue weighted by Crippen LogP contribution is -2.36. The summed E-state index contributed by atoms with van der Waals surface area (Å²) in [7, 11) is -3.66. The summed E-state index contributed by atoms with van der Waals surface area (Å²) < 4.78 is 28.3. The number of nitrogens with one attached hydrogen (secondary N) is 1. The van der Waals surface area contributed by atoms with Crippen LogP contribution in [0.5, 0.6) is 0 Å². The Morgan fingerprint density at radius 1 is 1.11 bits per heavy atom. The van der Waals surface area contributed by atoms with Gasteiger partial charge in [0.15, 0.2) is 5.82 Å². The molecule has 0 radical (unpaired) electrons. The maximum atomic E-state index is 13.5. The number of anilines is 3. The first kappa shape index (κ1) is 24.8. The van der Waals surface area contributed by atoms with Crippen LogP contribution in [0.2, 0.25) is 0 Å². The predicted molar refractivity (Wildman–Crippen MR) is 138 cm³/mol. The van der Waals surface area contributed by atoms with Crippen molar-refractivity contribution in [1.29, 1.82) is 0 Å². The number of sulfonamides is 1. The molecule has 2 aromatic rings. The molecule has 2 aliphatic heterocycles. The van der Waals surface area contributed by atoms with Crippen molar-refractivity contribution in [2.75, 3.05) is 46.5 Å². The molecule has 194 valence electrons. The van der Waals surface area contributed by atoms with E-state index in [4.69, 9.17) is 0 Å². The fourth-order valence-corrected chi connectivity index (χ4v) is 6.59. The van der Waals surface area contributed by atoms with Crippen molar-refractivity contribution in [3.05, 3.63) is 45.7 Å². The summed E-state index contributed by atoms with van der Waals surface area (Å²) in [6.07, 6.45) is 5.10. The van der Waals surface area contributed by atoms with Crippen molar-refractivity contribution in [2.45, 2.75) is 52.0 Å². The molecule has 1 amide bonds. The van der Waals surface area contributed by atoms with Gasteiger partial charge in [-0.2, -0.15) is 5.10 Å². The number of rotatable bonds is 7. The van der Waals surface area contributed by atoms with Gasteiger partial charge >= 0.3 is 0 Å². The summed E-state index contributed by atoms with van der Waals surface area (Å²) >= 11 is 0. The van der Waals surface area contributed by atoms with Crippen molar-refractivity contribution in [1.82, 2.24) is 9.78 Å². The zero-order valence-corrected chi connectivity index (χ0v) is 21.6. The Kier molecular flexibility index (Phi) is 6.32. The highest BCUT2D eigenvalue weighted by atomic mass is 32.2. The van der Waals surface area contributed by atoms with Crippen LogP contribution in [0.15, 0.2) is 29.1 Å². The van der Waals surface area contributed by atoms with Crippen LogP contribution in [0.1, 0.15) is 61.5 Å². The van der Waals surface area contributed by atoms with Crippen molar-refractivity contribution >= 4 is 33.1 Å². The van der Waals surface area contributed by atoms with E-state index in [-0.39, 0.29) is 35.6 Å². The van der Waals surface area contributed by atoms with Crippen molar-refractivity contribution in [2.24, 2.45) is 5.41 Å². The lowest BCUT2D eigenvalue weighted by Gasteiger charge is -2.35. The molecule has 1 aromatic heterocycles. The van der Waals surface area contributed by atoms with E-state index in [1.54, 1.807) is 6.07 Å². The third-order valence-electron chi connectivity index (χ3n) is 7.66. The molecule has 2 N–H and O–H groups in total. The Morgan fingerprint density at radius 3 is 2.47 bits per heavy atom. The largest absolute Gasteiger partial charge is 0.395 e. The molecule has 3 heterocycles. The van der Waals surface area contributed by atoms with Gasteiger partial charge in [0.05, 0.1) is 35.3 Å². The molecule has 36 heavy (non-hydrogen) atoms. The number of amides is 1. The first-order chi connectivity index (χ1) is 17.1. The van der Waals surface area contributed by atoms with Crippen LogP contribution in [0.4, 0.5) is 17.2 Å². The minimum absolute atomic E-state index is 0.153. The molecule has 1 aliphatic carbocycles. The van der Waals surface area contributed by atoms with E-state index in [1.807, 2.05) is 19.9 Å². The van der Waals surface area contributed by atoms with Crippen LogP contribution in [0, 0.1) is 5.41 Å². The summed E-state index contributed by atoms with van der Waals surface area (Å²) in [5, 5.41) is 16.4. The molecular weight excluding hydrogens is 482 g/mol. The first-order valence-electron chi connectivity index (χ1n) is 12.6. The van der Waals surface area contributed by atoms with E-state index in [2.05, 4.69) is 15.3 Å². The molecule has 5 rings (SSSR count). The van der Waals surface area contributed by atoms with Gasteiger partial charge in [0.25, 0.3) is 11.5 Å². The third-order valence-corrected chi connectivity index (χ3v) is 9.41. The monoisotopic (exact) mass is 515 g/mol. The molecular formula is C25H33N5O5S. The standard InChI is InChI=1S/C25H33N5O5S/c1-17(2)30-23(32)4-3-22(27-30)26-24(33)19-15-18-5-10-29(36(34,35)14-13-31)20(18)16-21(19)28-11-8-25(6-7-25)9-12-28/h3-4,15-17,31H,5-14H2,1-2H3,(H,26,27,33). The quantitative estimate of drug-likeness (QED) is 0.579. The SMILES string of the molecule is CC(C)n1nc(NC(=O)c2cc3c(cc2N2CCC4(CC2)CC4)N(S(=O)(=O)CCO)CC3)ccc1=O. The van der Waals surface area contributed by atoms with Gasteiger partial charge in [-0.05, 0) is 75.1 Å². The van der Waals surface area contributed by atoms with Crippen LogP contribution in [-0.4, -0.2) is 61.2 Å². The first-order valence-corrected chi connectivity index (χ1v) is 14.2. The van der Waals surface area contributed by atoms with Crippen LogP contribution in [0.25, 0.3) is 0 Å². The minimum Gasteiger partial charge on any atom is -0.395 e. The molecule has 1 saturated heterocycles. The number of carbonyl (C=O) groups excluding carboxylic acids is 1. The van der Waals surface area contributed by atoms with Gasteiger partial charge in [0.1, 0.15) is 0 Å². The van der Waals surface area contributed by atoms with Crippen molar-refractivity contribution < 1.29 is 18.3 Å². The number of hydrogen-bond donors (Lipinski definition) is 2. The number of hydrogen-bond acceptors (Lipinski definition) is 7. The fraction of sp³-hybridized carbons (Fsp3) is 0.560. The number of carbonyl (C=O) groups is 1. The normalized spacial score (nSPS) is 18.6. The Morgan fingerprint density at radius 2 is 1.83 bits per heavy atom. The summed E-state index contributed by atoms with van der Waals surface area (Å²) in [5.41, 5.74) is 2.72. The molecule has 3 aliphatic rings. The van der Waals surface area contributed by atoms with Gasteiger partial charge < -0.3 is 15.3 Å². The average Bonchev–Trinajstić information content (AvgIpc) is 3.44. The van der Waals surface area contributed by atoms with E-state index >= 15 is 0 Å². The summed E-state index contributed by atoms with van der Waals surface area (Å²) in [6, 6.07) is 6.33. The molecule has 2 fully saturated rings.